The monoisotopic (exact) mass is 382 g/mol. The van der Waals surface area contributed by atoms with Gasteiger partial charge in [-0.15, -0.1) is 0 Å². The van der Waals surface area contributed by atoms with Gasteiger partial charge in [0.1, 0.15) is 11.5 Å². The van der Waals surface area contributed by atoms with Gasteiger partial charge in [0.15, 0.2) is 0 Å². The fraction of sp³-hybridized carbons (Fsp3) is 0.286. The molecule has 0 spiro atoms. The average molecular weight is 382 g/mol. The number of methoxy groups -OCH3 is 2. The number of rotatable bonds is 7. The lowest BCUT2D eigenvalue weighted by atomic mass is 10.1. The summed E-state index contributed by atoms with van der Waals surface area (Å²) >= 11 is 0. The smallest absolute Gasteiger partial charge is 0.261 e. The van der Waals surface area contributed by atoms with E-state index in [1.807, 2.05) is 6.92 Å². The molecule has 0 saturated heterocycles. The number of nitrogens with one attached hydrogen (secondary N) is 1. The minimum Gasteiger partial charge on any atom is -0.497 e. The summed E-state index contributed by atoms with van der Waals surface area (Å²) in [4.78, 5) is 38.9. The van der Waals surface area contributed by atoms with Crippen LogP contribution in [0.4, 0.5) is 5.69 Å². The molecule has 1 heterocycles. The quantitative estimate of drug-likeness (QED) is 0.743. The maximum absolute atomic E-state index is 12.7. The molecule has 0 atom stereocenters. The average Bonchev–Trinajstić information content (AvgIpc) is 2.95. The molecule has 146 valence electrons. The van der Waals surface area contributed by atoms with E-state index in [9.17, 15) is 14.4 Å². The summed E-state index contributed by atoms with van der Waals surface area (Å²) < 4.78 is 10.4. The zero-order valence-corrected chi connectivity index (χ0v) is 16.1. The van der Waals surface area contributed by atoms with E-state index in [1.54, 1.807) is 18.2 Å². The van der Waals surface area contributed by atoms with E-state index < -0.39 is 5.91 Å². The summed E-state index contributed by atoms with van der Waals surface area (Å²) in [6.07, 6.45) is 1.62. The molecule has 3 amide bonds. The first-order valence-corrected chi connectivity index (χ1v) is 9.03. The molecule has 0 aromatic heterocycles. The van der Waals surface area contributed by atoms with Crippen LogP contribution in [0.1, 0.15) is 50.8 Å². The fourth-order valence-corrected chi connectivity index (χ4v) is 3.06. The number of hydrogen-bond donors (Lipinski definition) is 1. The van der Waals surface area contributed by atoms with Crippen LogP contribution < -0.4 is 14.8 Å². The lowest BCUT2D eigenvalue weighted by molar-refractivity contribution is 0.0652. The van der Waals surface area contributed by atoms with Gasteiger partial charge in [-0.2, -0.15) is 0 Å². The summed E-state index contributed by atoms with van der Waals surface area (Å²) in [6.45, 7) is 2.37. The molecular formula is C21H22N2O5. The van der Waals surface area contributed by atoms with Crippen LogP contribution in [0, 0.1) is 0 Å². The first-order chi connectivity index (χ1) is 13.5. The van der Waals surface area contributed by atoms with E-state index in [4.69, 9.17) is 9.47 Å². The number of nitrogens with zero attached hydrogens (tertiary/aromatic N) is 1. The second-order valence-corrected chi connectivity index (χ2v) is 6.40. The van der Waals surface area contributed by atoms with Crippen molar-refractivity contribution in [3.8, 4) is 11.5 Å². The predicted octanol–water partition coefficient (Wildman–Crippen LogP) is 3.35. The minimum atomic E-state index is -0.415. The third-order valence-corrected chi connectivity index (χ3v) is 4.62. The molecule has 3 rings (SSSR count). The number of benzene rings is 2. The number of anilines is 1. The van der Waals surface area contributed by atoms with Gasteiger partial charge >= 0.3 is 0 Å². The third-order valence-electron chi connectivity index (χ3n) is 4.62. The van der Waals surface area contributed by atoms with Crippen LogP contribution in [0.15, 0.2) is 36.4 Å². The molecule has 2 aromatic rings. The Balaban J connectivity index is 1.85. The van der Waals surface area contributed by atoms with Crippen molar-refractivity contribution in [2.75, 3.05) is 26.1 Å². The molecule has 0 fully saturated rings. The number of fused-ring (bicyclic) bond motifs is 1. The number of hydrogen-bond acceptors (Lipinski definition) is 5. The Kier molecular flexibility index (Phi) is 5.63. The molecule has 7 nitrogen and oxygen atoms in total. The summed E-state index contributed by atoms with van der Waals surface area (Å²) in [5.41, 5.74) is 1.31. The summed E-state index contributed by atoms with van der Waals surface area (Å²) in [6, 6.07) is 9.58. The van der Waals surface area contributed by atoms with Gasteiger partial charge in [0.25, 0.3) is 17.7 Å². The highest BCUT2D eigenvalue weighted by Gasteiger charge is 2.35. The highest BCUT2D eigenvalue weighted by atomic mass is 16.5. The molecule has 0 unspecified atom stereocenters. The van der Waals surface area contributed by atoms with Crippen molar-refractivity contribution in [2.24, 2.45) is 0 Å². The van der Waals surface area contributed by atoms with Gasteiger partial charge in [0.05, 0.1) is 31.0 Å². The van der Waals surface area contributed by atoms with E-state index in [-0.39, 0.29) is 22.9 Å². The largest absolute Gasteiger partial charge is 0.497 e. The van der Waals surface area contributed by atoms with Gasteiger partial charge in [-0.1, -0.05) is 13.3 Å². The summed E-state index contributed by atoms with van der Waals surface area (Å²) in [5.74, 6) is -0.0387. The Labute approximate surface area is 163 Å². The standard InChI is InChI=1S/C21H22N2O5/c1-4-5-10-23-20(25)15-8-6-13(11-16(15)21(23)26)19(24)22-17-12-14(27-2)7-9-18(17)28-3/h6-9,11-12H,4-5,10H2,1-3H3,(H,22,24). The van der Waals surface area contributed by atoms with Gasteiger partial charge in [0, 0.05) is 18.2 Å². The summed E-state index contributed by atoms with van der Waals surface area (Å²) in [5, 5.41) is 2.76. The molecule has 1 N–H and O–H groups in total. The van der Waals surface area contributed by atoms with Crippen LogP contribution in [-0.4, -0.2) is 43.4 Å². The maximum atomic E-state index is 12.7. The normalized spacial score (nSPS) is 12.8. The van der Waals surface area contributed by atoms with Gasteiger partial charge in [0.2, 0.25) is 0 Å². The number of imide groups is 1. The van der Waals surface area contributed by atoms with Crippen molar-refractivity contribution in [2.45, 2.75) is 19.8 Å². The highest BCUT2D eigenvalue weighted by Crippen LogP contribution is 2.30. The molecule has 0 radical (unpaired) electrons. The maximum Gasteiger partial charge on any atom is 0.261 e. The molecule has 1 aliphatic heterocycles. The SMILES string of the molecule is CCCCN1C(=O)c2ccc(C(=O)Nc3cc(OC)ccc3OC)cc2C1=O. The van der Waals surface area contributed by atoms with E-state index in [2.05, 4.69) is 5.32 Å². The molecule has 7 heteroatoms. The van der Waals surface area contributed by atoms with Crippen LogP contribution in [0.5, 0.6) is 11.5 Å². The molecule has 0 aliphatic carbocycles. The molecule has 0 saturated carbocycles. The molecule has 0 bridgehead atoms. The van der Waals surface area contributed by atoms with Crippen LogP contribution in [0.2, 0.25) is 0 Å². The molecule has 2 aromatic carbocycles. The Morgan fingerprint density at radius 2 is 1.75 bits per heavy atom. The highest BCUT2D eigenvalue weighted by molar-refractivity contribution is 6.22. The van der Waals surface area contributed by atoms with E-state index in [0.717, 1.165) is 12.8 Å². The Hall–Kier alpha value is -3.35. The minimum absolute atomic E-state index is 0.256. The number of carbonyl (C=O) groups excluding carboxylic acids is 3. The summed E-state index contributed by atoms with van der Waals surface area (Å²) in [7, 11) is 3.03. The van der Waals surface area contributed by atoms with Gasteiger partial charge < -0.3 is 14.8 Å². The van der Waals surface area contributed by atoms with Crippen LogP contribution in [0.25, 0.3) is 0 Å². The van der Waals surface area contributed by atoms with Gasteiger partial charge in [-0.25, -0.2) is 0 Å². The second kappa shape index (κ2) is 8.12. The van der Waals surface area contributed by atoms with Gasteiger partial charge in [-0.3, -0.25) is 19.3 Å². The number of ether oxygens (including phenoxy) is 2. The van der Waals surface area contributed by atoms with Crippen molar-refractivity contribution >= 4 is 23.4 Å². The van der Waals surface area contributed by atoms with Crippen molar-refractivity contribution < 1.29 is 23.9 Å². The van der Waals surface area contributed by atoms with Crippen LogP contribution in [-0.2, 0) is 0 Å². The number of carbonyl (C=O) groups is 3. The molecule has 1 aliphatic rings. The number of amides is 3. The molecular weight excluding hydrogens is 360 g/mol. The topological polar surface area (TPSA) is 84.9 Å². The van der Waals surface area contributed by atoms with Crippen molar-refractivity contribution in [3.05, 3.63) is 53.1 Å². The fourth-order valence-electron chi connectivity index (χ4n) is 3.06. The van der Waals surface area contributed by atoms with E-state index in [0.29, 0.717) is 29.3 Å². The van der Waals surface area contributed by atoms with Crippen LogP contribution in [0.3, 0.4) is 0 Å². The number of unbranched alkanes of at least 4 members (excludes halogenated alkanes) is 1. The predicted molar refractivity (Wildman–Crippen MR) is 104 cm³/mol. The molecule has 28 heavy (non-hydrogen) atoms. The van der Waals surface area contributed by atoms with E-state index in [1.165, 1.54) is 37.3 Å². The van der Waals surface area contributed by atoms with Crippen molar-refractivity contribution in [3.63, 3.8) is 0 Å². The Morgan fingerprint density at radius 3 is 2.43 bits per heavy atom. The zero-order chi connectivity index (χ0) is 20.3. The second-order valence-electron chi connectivity index (χ2n) is 6.40. The third kappa shape index (κ3) is 3.55. The first-order valence-electron chi connectivity index (χ1n) is 9.03. The lowest BCUT2D eigenvalue weighted by Gasteiger charge is -2.12. The van der Waals surface area contributed by atoms with Crippen molar-refractivity contribution in [1.82, 2.24) is 4.90 Å². The van der Waals surface area contributed by atoms with Crippen LogP contribution >= 0.6 is 0 Å². The Bertz CT molecular complexity index is 938. The lowest BCUT2D eigenvalue weighted by Crippen LogP contribution is -2.30. The zero-order valence-electron chi connectivity index (χ0n) is 16.1. The van der Waals surface area contributed by atoms with Crippen molar-refractivity contribution in [1.29, 1.82) is 0 Å². The first kappa shape index (κ1) is 19.4. The van der Waals surface area contributed by atoms with E-state index >= 15 is 0 Å². The Morgan fingerprint density at radius 1 is 1.00 bits per heavy atom. The van der Waals surface area contributed by atoms with Gasteiger partial charge in [-0.05, 0) is 36.8 Å².